The van der Waals surface area contributed by atoms with Gasteiger partial charge in [0.2, 0.25) is 0 Å². The number of aliphatic carboxylic acids is 1. The Kier molecular flexibility index (Phi) is 4.05. The van der Waals surface area contributed by atoms with Crippen molar-refractivity contribution in [1.29, 1.82) is 0 Å². The molecule has 0 heterocycles. The molecule has 0 radical (unpaired) electrons. The highest BCUT2D eigenvalue weighted by molar-refractivity contribution is 7.85. The first kappa shape index (κ1) is 13.7. The quantitative estimate of drug-likeness (QED) is 0.512. The molecule has 0 saturated carbocycles. The number of nitrogens with zero attached hydrogens (tertiary/aromatic N) is 2. The molecule has 9 nitrogen and oxygen atoms in total. The third-order valence-corrected chi connectivity index (χ3v) is 3.18. The maximum Gasteiger partial charge on any atom is 0.292 e. The highest BCUT2D eigenvalue weighted by Gasteiger charge is 2.23. The lowest BCUT2D eigenvalue weighted by atomic mass is 10.3. The third kappa shape index (κ3) is 3.07. The molecule has 0 aromatic heterocycles. The number of carbonyl (C=O) groups is 1. The monoisotopic (exact) mass is 273 g/mol. The first-order valence-corrected chi connectivity index (χ1v) is 5.66. The van der Waals surface area contributed by atoms with Gasteiger partial charge >= 0.3 is 0 Å². The number of nitro groups is 2. The summed E-state index contributed by atoms with van der Waals surface area (Å²) in [5.74, 6) is -2.56. The third-order valence-electron chi connectivity index (χ3n) is 1.84. The summed E-state index contributed by atoms with van der Waals surface area (Å²) in [4.78, 5) is 29.2. The van der Waals surface area contributed by atoms with Gasteiger partial charge in [0, 0.05) is 6.07 Å². The molecular formula is C8H5N2O7S-. The van der Waals surface area contributed by atoms with Crippen molar-refractivity contribution in [3.05, 3.63) is 38.4 Å². The number of hydrogen-bond acceptors (Lipinski definition) is 7. The standard InChI is InChI=1S/C8H6N2O7S/c11-8(12)4-18(17)7-2-1-5(9(13)14)3-6(7)10(15)16/h1-3H,4H2,(H,11,12)/p-1/t18-/m1/s1. The van der Waals surface area contributed by atoms with Crippen molar-refractivity contribution in [3.8, 4) is 0 Å². The number of carbonyl (C=O) groups excluding carboxylic acids is 1. The predicted molar refractivity (Wildman–Crippen MR) is 56.0 cm³/mol. The van der Waals surface area contributed by atoms with E-state index in [9.17, 15) is 34.3 Å². The van der Waals surface area contributed by atoms with Gasteiger partial charge in [0.25, 0.3) is 11.4 Å². The van der Waals surface area contributed by atoms with Gasteiger partial charge in [0.1, 0.15) is 4.90 Å². The van der Waals surface area contributed by atoms with Crippen molar-refractivity contribution in [2.45, 2.75) is 4.90 Å². The Morgan fingerprint density at radius 1 is 1.22 bits per heavy atom. The predicted octanol–water partition coefficient (Wildman–Crippen LogP) is -0.640. The second kappa shape index (κ2) is 5.31. The lowest BCUT2D eigenvalue weighted by molar-refractivity contribution is -0.396. The number of hydrogen-bond donors (Lipinski definition) is 0. The molecule has 0 N–H and O–H groups in total. The summed E-state index contributed by atoms with van der Waals surface area (Å²) < 4.78 is 11.5. The van der Waals surface area contributed by atoms with Gasteiger partial charge in [-0.25, -0.2) is 0 Å². The molecule has 96 valence electrons. The van der Waals surface area contributed by atoms with Crippen LogP contribution in [0.4, 0.5) is 11.4 Å². The molecule has 0 saturated heterocycles. The molecule has 0 amide bonds. The van der Waals surface area contributed by atoms with Gasteiger partial charge in [-0.1, -0.05) is 0 Å². The van der Waals surface area contributed by atoms with Crippen LogP contribution in [0.5, 0.6) is 0 Å². The van der Waals surface area contributed by atoms with E-state index in [1.54, 1.807) is 0 Å². The van der Waals surface area contributed by atoms with Crippen LogP contribution in [-0.4, -0.2) is 25.8 Å². The van der Waals surface area contributed by atoms with Crippen LogP contribution in [0.25, 0.3) is 0 Å². The van der Waals surface area contributed by atoms with E-state index in [4.69, 9.17) is 0 Å². The summed E-state index contributed by atoms with van der Waals surface area (Å²) in [5, 5.41) is 31.4. The fourth-order valence-electron chi connectivity index (χ4n) is 1.14. The summed E-state index contributed by atoms with van der Waals surface area (Å²) >= 11 is 0. The van der Waals surface area contributed by atoms with Crippen LogP contribution >= 0.6 is 0 Å². The largest absolute Gasteiger partial charge is 0.549 e. The van der Waals surface area contributed by atoms with Crippen molar-refractivity contribution in [2.24, 2.45) is 0 Å². The van der Waals surface area contributed by atoms with Crippen LogP contribution in [0.2, 0.25) is 0 Å². The number of carboxylic acids is 1. The summed E-state index contributed by atoms with van der Waals surface area (Å²) in [6.07, 6.45) is 0. The van der Waals surface area contributed by atoms with Gasteiger partial charge in [0.15, 0.2) is 0 Å². The number of rotatable bonds is 5. The summed E-state index contributed by atoms with van der Waals surface area (Å²) in [5.41, 5.74) is -1.31. The van der Waals surface area contributed by atoms with E-state index >= 15 is 0 Å². The summed E-state index contributed by atoms with van der Waals surface area (Å²) in [6, 6.07) is 2.44. The zero-order valence-electron chi connectivity index (χ0n) is 8.60. The molecule has 0 bridgehead atoms. The minimum absolute atomic E-state index is 0.394. The van der Waals surface area contributed by atoms with Crippen LogP contribution in [0.1, 0.15) is 0 Å². The number of carboxylic acid groups (broad SMARTS) is 1. The topological polar surface area (TPSA) is 143 Å². The molecule has 1 rings (SSSR count). The Morgan fingerprint density at radius 2 is 1.83 bits per heavy atom. The molecule has 1 atom stereocenters. The molecule has 1 aromatic carbocycles. The maximum atomic E-state index is 11.5. The van der Waals surface area contributed by atoms with Crippen molar-refractivity contribution in [1.82, 2.24) is 0 Å². The number of nitro benzene ring substituents is 2. The van der Waals surface area contributed by atoms with E-state index in [1.807, 2.05) is 0 Å². The van der Waals surface area contributed by atoms with Crippen LogP contribution in [0, 0.1) is 20.2 Å². The van der Waals surface area contributed by atoms with Gasteiger partial charge in [-0.3, -0.25) is 24.4 Å². The second-order valence-corrected chi connectivity index (χ2v) is 4.45. The molecule has 1 aromatic rings. The van der Waals surface area contributed by atoms with Gasteiger partial charge in [0.05, 0.1) is 38.4 Å². The van der Waals surface area contributed by atoms with Gasteiger partial charge < -0.3 is 9.90 Å². The van der Waals surface area contributed by atoms with Crippen molar-refractivity contribution >= 4 is 28.1 Å². The second-order valence-electron chi connectivity index (χ2n) is 3.03. The highest BCUT2D eigenvalue weighted by Crippen LogP contribution is 2.27. The van der Waals surface area contributed by atoms with Gasteiger partial charge in [-0.05, 0) is 6.07 Å². The molecular weight excluding hydrogens is 268 g/mol. The molecule has 0 fully saturated rings. The molecule has 0 unspecified atom stereocenters. The van der Waals surface area contributed by atoms with Crippen LogP contribution in [0.15, 0.2) is 23.1 Å². The van der Waals surface area contributed by atoms with Crippen LogP contribution < -0.4 is 5.11 Å². The van der Waals surface area contributed by atoms with Crippen molar-refractivity contribution < 1.29 is 24.0 Å². The Labute approximate surface area is 102 Å². The Morgan fingerprint density at radius 3 is 2.28 bits per heavy atom. The lowest BCUT2D eigenvalue weighted by Crippen LogP contribution is -2.28. The molecule has 0 aliphatic rings. The molecule has 0 aliphatic heterocycles. The van der Waals surface area contributed by atoms with E-state index in [0.29, 0.717) is 6.07 Å². The van der Waals surface area contributed by atoms with Crippen LogP contribution in [0.3, 0.4) is 0 Å². The van der Waals surface area contributed by atoms with Gasteiger partial charge in [-0.15, -0.1) is 0 Å². The Hall–Kier alpha value is -2.36. The molecule has 0 spiro atoms. The SMILES string of the molecule is O=C([O-])C[S@@](=O)c1ccc([N+](=O)[O-])cc1[N+](=O)[O-]. The average molecular weight is 273 g/mol. The first-order chi connectivity index (χ1) is 8.32. The van der Waals surface area contributed by atoms with Crippen molar-refractivity contribution in [3.63, 3.8) is 0 Å². The van der Waals surface area contributed by atoms with E-state index in [0.717, 1.165) is 12.1 Å². The molecule has 10 heteroatoms. The zero-order chi connectivity index (χ0) is 13.9. The van der Waals surface area contributed by atoms with E-state index in [1.165, 1.54) is 0 Å². The molecule has 18 heavy (non-hydrogen) atoms. The zero-order valence-corrected chi connectivity index (χ0v) is 9.42. The normalized spacial score (nSPS) is 11.8. The molecule has 0 aliphatic carbocycles. The summed E-state index contributed by atoms with van der Waals surface area (Å²) in [6.45, 7) is 0. The minimum atomic E-state index is -2.19. The fourth-order valence-corrected chi connectivity index (χ4v) is 2.10. The van der Waals surface area contributed by atoms with E-state index in [2.05, 4.69) is 0 Å². The Bertz CT molecular complexity index is 556. The van der Waals surface area contributed by atoms with Crippen LogP contribution in [-0.2, 0) is 15.6 Å². The number of non-ortho nitro benzene ring substituents is 1. The van der Waals surface area contributed by atoms with Crippen molar-refractivity contribution in [2.75, 3.05) is 5.75 Å². The summed E-state index contributed by atoms with van der Waals surface area (Å²) in [7, 11) is -2.19. The van der Waals surface area contributed by atoms with Gasteiger partial charge in [-0.2, -0.15) is 0 Å². The van der Waals surface area contributed by atoms with E-state index in [-0.39, 0.29) is 0 Å². The van der Waals surface area contributed by atoms with E-state index < -0.39 is 48.6 Å². The lowest BCUT2D eigenvalue weighted by Gasteiger charge is -2.03. The highest BCUT2D eigenvalue weighted by atomic mass is 32.2. The average Bonchev–Trinajstić information content (AvgIpc) is 2.26. The number of benzene rings is 1. The minimum Gasteiger partial charge on any atom is -0.549 e. The first-order valence-electron chi connectivity index (χ1n) is 4.34. The smallest absolute Gasteiger partial charge is 0.292 e. The Balaban J connectivity index is 3.27. The maximum absolute atomic E-state index is 11.5. The fraction of sp³-hybridized carbons (Fsp3) is 0.125.